The van der Waals surface area contributed by atoms with Crippen LogP contribution in [0, 0.1) is 0 Å². The summed E-state index contributed by atoms with van der Waals surface area (Å²) >= 11 is 0. The highest BCUT2D eigenvalue weighted by Gasteiger charge is 2.23. The molecular weight excluding hydrogens is 204 g/mol. The molecule has 0 unspecified atom stereocenters. The second-order valence-electron chi connectivity index (χ2n) is 6.00. The van der Waals surface area contributed by atoms with Crippen LogP contribution in [0.1, 0.15) is 48.5 Å². The van der Waals surface area contributed by atoms with E-state index >= 15 is 0 Å². The molecule has 0 rings (SSSR count). The molecular formula is C11H28N2OSi. The fraction of sp³-hybridized carbons (Fsp3) is 1.00. The van der Waals surface area contributed by atoms with Crippen LogP contribution in [-0.4, -0.2) is 33.0 Å². The molecule has 0 fully saturated rings. The molecule has 0 aromatic carbocycles. The zero-order chi connectivity index (χ0) is 12.1. The van der Waals surface area contributed by atoms with Crippen molar-refractivity contribution in [2.24, 2.45) is 0 Å². The zero-order valence-corrected chi connectivity index (χ0v) is 12.6. The van der Waals surface area contributed by atoms with Gasteiger partial charge < -0.3 is 14.7 Å². The lowest BCUT2D eigenvalue weighted by atomic mass is 10.1. The van der Waals surface area contributed by atoms with Crippen LogP contribution in [0.15, 0.2) is 0 Å². The summed E-state index contributed by atoms with van der Waals surface area (Å²) in [7, 11) is -1.22. The third kappa shape index (κ3) is 10.4. The van der Waals surface area contributed by atoms with Crippen molar-refractivity contribution >= 4 is 9.12 Å². The monoisotopic (exact) mass is 232 g/mol. The van der Waals surface area contributed by atoms with E-state index in [4.69, 9.17) is 4.74 Å². The first-order chi connectivity index (χ1) is 6.64. The van der Waals surface area contributed by atoms with Crippen LogP contribution in [-0.2, 0) is 4.74 Å². The SMILES string of the molecule is CCOC[SiH](NC(C)(C)C)NC(C)(C)C. The Morgan fingerprint density at radius 2 is 1.33 bits per heavy atom. The topological polar surface area (TPSA) is 33.3 Å². The molecule has 0 heterocycles. The van der Waals surface area contributed by atoms with Crippen molar-refractivity contribution < 1.29 is 4.74 Å². The zero-order valence-electron chi connectivity index (χ0n) is 11.4. The van der Waals surface area contributed by atoms with Crippen molar-refractivity contribution in [3.8, 4) is 0 Å². The number of hydrogen-bond acceptors (Lipinski definition) is 3. The van der Waals surface area contributed by atoms with Crippen LogP contribution < -0.4 is 9.96 Å². The van der Waals surface area contributed by atoms with Gasteiger partial charge in [0.2, 0.25) is 9.12 Å². The van der Waals surface area contributed by atoms with Gasteiger partial charge in [-0.15, -0.1) is 0 Å². The van der Waals surface area contributed by atoms with E-state index in [-0.39, 0.29) is 11.1 Å². The fourth-order valence-corrected chi connectivity index (χ4v) is 4.20. The Hall–Kier alpha value is 0.0969. The summed E-state index contributed by atoms with van der Waals surface area (Å²) in [5.74, 6) is 0. The highest BCUT2D eigenvalue weighted by atomic mass is 28.3. The average Bonchev–Trinajstić information content (AvgIpc) is 1.94. The van der Waals surface area contributed by atoms with Crippen LogP contribution in [0.25, 0.3) is 0 Å². The van der Waals surface area contributed by atoms with E-state index in [1.54, 1.807) is 0 Å². The highest BCUT2D eigenvalue weighted by molar-refractivity contribution is 6.53. The Balaban J connectivity index is 4.19. The summed E-state index contributed by atoms with van der Waals surface area (Å²) in [4.78, 5) is 7.30. The van der Waals surface area contributed by atoms with Crippen LogP contribution in [0.5, 0.6) is 0 Å². The molecule has 3 nitrogen and oxygen atoms in total. The highest BCUT2D eigenvalue weighted by Crippen LogP contribution is 2.03. The molecule has 0 aromatic rings. The van der Waals surface area contributed by atoms with Crippen molar-refractivity contribution in [3.63, 3.8) is 0 Å². The fourth-order valence-electron chi connectivity index (χ4n) is 1.40. The van der Waals surface area contributed by atoms with Crippen molar-refractivity contribution in [1.82, 2.24) is 9.96 Å². The summed E-state index contributed by atoms with van der Waals surface area (Å²) in [5, 5.41) is 0. The third-order valence-corrected chi connectivity index (χ3v) is 4.70. The van der Waals surface area contributed by atoms with Gasteiger partial charge in [-0.1, -0.05) is 0 Å². The van der Waals surface area contributed by atoms with Crippen molar-refractivity contribution in [1.29, 1.82) is 0 Å². The number of ether oxygens (including phenoxy) is 1. The molecule has 0 amide bonds. The van der Waals surface area contributed by atoms with E-state index in [2.05, 4.69) is 51.5 Å². The Bertz CT molecular complexity index is 156. The Morgan fingerprint density at radius 3 is 1.60 bits per heavy atom. The molecule has 0 saturated heterocycles. The van der Waals surface area contributed by atoms with Crippen LogP contribution in [0.3, 0.4) is 0 Å². The maximum Gasteiger partial charge on any atom is 0.211 e. The second-order valence-corrected chi connectivity index (χ2v) is 8.02. The van der Waals surface area contributed by atoms with E-state index < -0.39 is 9.12 Å². The lowest BCUT2D eigenvalue weighted by molar-refractivity contribution is 0.185. The van der Waals surface area contributed by atoms with Gasteiger partial charge in [-0.2, -0.15) is 0 Å². The first-order valence-corrected chi connectivity index (χ1v) is 7.74. The molecule has 2 N–H and O–H groups in total. The normalized spacial score (nSPS) is 13.6. The lowest BCUT2D eigenvalue weighted by Crippen LogP contribution is -2.62. The summed E-state index contributed by atoms with van der Waals surface area (Å²) in [6.45, 7) is 16.0. The molecule has 15 heavy (non-hydrogen) atoms. The summed E-state index contributed by atoms with van der Waals surface area (Å²) in [5.41, 5.74) is 0.318. The Morgan fingerprint density at radius 1 is 0.933 bits per heavy atom. The molecule has 0 saturated carbocycles. The van der Waals surface area contributed by atoms with E-state index in [9.17, 15) is 0 Å². The maximum absolute atomic E-state index is 5.52. The first kappa shape index (κ1) is 15.1. The van der Waals surface area contributed by atoms with Crippen molar-refractivity contribution in [2.45, 2.75) is 59.5 Å². The molecule has 0 aromatic heterocycles. The van der Waals surface area contributed by atoms with Gasteiger partial charge in [-0.05, 0) is 48.5 Å². The molecule has 92 valence electrons. The minimum absolute atomic E-state index is 0.159. The Labute approximate surface area is 96.7 Å². The standard InChI is InChI=1S/C11H28N2OSi/c1-8-14-9-15(12-10(2,3)4)13-11(5,6)7/h12-13,15H,8-9H2,1-7H3. The summed E-state index contributed by atoms with van der Waals surface area (Å²) in [6, 6.07) is 0. The van der Waals surface area contributed by atoms with Gasteiger partial charge in [0.1, 0.15) is 0 Å². The summed E-state index contributed by atoms with van der Waals surface area (Å²) in [6.07, 6.45) is 0.838. The second kappa shape index (κ2) is 5.99. The van der Waals surface area contributed by atoms with Gasteiger partial charge >= 0.3 is 0 Å². The van der Waals surface area contributed by atoms with Crippen molar-refractivity contribution in [3.05, 3.63) is 0 Å². The molecule has 0 bridgehead atoms. The van der Waals surface area contributed by atoms with E-state index in [0.29, 0.717) is 0 Å². The van der Waals surface area contributed by atoms with E-state index in [1.807, 2.05) is 6.92 Å². The number of nitrogens with one attached hydrogen (secondary N) is 2. The van der Waals surface area contributed by atoms with Gasteiger partial charge in [0.15, 0.2) is 0 Å². The molecule has 0 spiro atoms. The van der Waals surface area contributed by atoms with Crippen LogP contribution in [0.4, 0.5) is 0 Å². The molecule has 4 heteroatoms. The summed E-state index contributed by atoms with van der Waals surface area (Å²) < 4.78 is 5.52. The molecule has 0 aliphatic carbocycles. The van der Waals surface area contributed by atoms with E-state index in [0.717, 1.165) is 12.8 Å². The molecule has 0 aliphatic heterocycles. The largest absolute Gasteiger partial charge is 0.382 e. The number of rotatable bonds is 5. The minimum Gasteiger partial charge on any atom is -0.382 e. The Kier molecular flexibility index (Phi) is 6.03. The van der Waals surface area contributed by atoms with Crippen LogP contribution in [0.2, 0.25) is 0 Å². The predicted octanol–water partition coefficient (Wildman–Crippen LogP) is 1.56. The quantitative estimate of drug-likeness (QED) is 0.706. The van der Waals surface area contributed by atoms with Gasteiger partial charge in [-0.25, -0.2) is 0 Å². The van der Waals surface area contributed by atoms with Gasteiger partial charge in [0.05, 0.1) is 6.23 Å². The third-order valence-electron chi connectivity index (χ3n) is 1.70. The first-order valence-electron chi connectivity index (χ1n) is 5.77. The number of hydrogen-bond donors (Lipinski definition) is 2. The van der Waals surface area contributed by atoms with Gasteiger partial charge in [0.25, 0.3) is 0 Å². The van der Waals surface area contributed by atoms with E-state index in [1.165, 1.54) is 0 Å². The molecule has 0 radical (unpaired) electrons. The smallest absolute Gasteiger partial charge is 0.211 e. The minimum atomic E-state index is -1.22. The maximum atomic E-state index is 5.52. The molecule has 0 aliphatic rings. The van der Waals surface area contributed by atoms with Gasteiger partial charge in [0, 0.05) is 17.7 Å². The van der Waals surface area contributed by atoms with Crippen LogP contribution >= 0.6 is 0 Å². The predicted molar refractivity (Wildman–Crippen MR) is 69.4 cm³/mol. The average molecular weight is 232 g/mol. The van der Waals surface area contributed by atoms with Crippen molar-refractivity contribution in [2.75, 3.05) is 12.8 Å². The molecule has 0 atom stereocenters. The van der Waals surface area contributed by atoms with Gasteiger partial charge in [-0.3, -0.25) is 0 Å². The lowest BCUT2D eigenvalue weighted by Gasteiger charge is -2.33.